The van der Waals surface area contributed by atoms with Gasteiger partial charge in [0.15, 0.2) is 22.5 Å². The monoisotopic (exact) mass is 835 g/mol. The van der Waals surface area contributed by atoms with E-state index < -0.39 is 5.97 Å². The fraction of sp³-hybridized carbons (Fsp3) is 0.556. The number of carbonyl (C=O) groups is 1. The molecule has 14 nitrogen and oxygen atoms in total. The standard InChI is InChI=1S/C45H57N9O5S/c1-26-8-10-34-33(15-26)49-40(60-34)51-37-27(2)30-7-6-13-54(38(30)53-52-37)35-11-9-31(36(50-35)39(57)58)32(16-46)28(3)48-25-43-20-41(4)22-44(23-42(5,21-43)45(41,44)24-43)59-14-12-47-17-29(18-55)19-56/h8-11,15-16,29,47,55-56H,6-7,12-14,17-25,46H2,1-5H3,(H,57,58)(H,49,51,52)/b32-16+,48-28?. The Morgan fingerprint density at radius 2 is 1.83 bits per heavy atom. The Balaban J connectivity index is 0.908. The van der Waals surface area contributed by atoms with Gasteiger partial charge in [-0.25, -0.2) is 14.8 Å². The van der Waals surface area contributed by atoms with Crippen molar-refractivity contribution in [2.24, 2.45) is 38.3 Å². The number of ether oxygens (including phenoxy) is 1. The highest BCUT2D eigenvalue weighted by atomic mass is 32.1. The molecule has 1 spiro atoms. The van der Waals surface area contributed by atoms with Gasteiger partial charge in [0.05, 0.1) is 22.4 Å². The number of thiazole rings is 1. The maximum atomic E-state index is 12.9. The van der Waals surface area contributed by atoms with Crippen LogP contribution in [0.4, 0.5) is 22.6 Å². The predicted octanol–water partition coefficient (Wildman–Crippen LogP) is 6.32. The zero-order valence-corrected chi connectivity index (χ0v) is 36.1. The molecule has 9 rings (SSSR count). The van der Waals surface area contributed by atoms with Gasteiger partial charge in [-0.1, -0.05) is 31.3 Å². The molecule has 318 valence electrons. The molecule has 3 aromatic heterocycles. The Morgan fingerprint density at radius 3 is 2.55 bits per heavy atom. The molecule has 2 unspecified atom stereocenters. The van der Waals surface area contributed by atoms with Crippen LogP contribution in [0.25, 0.3) is 15.8 Å². The third-order valence-electron chi connectivity index (χ3n) is 15.0. The molecule has 4 heterocycles. The number of fused-ring (bicyclic) bond motifs is 3. The number of carboxylic acids is 1. The zero-order valence-electron chi connectivity index (χ0n) is 35.3. The van der Waals surface area contributed by atoms with Crippen molar-refractivity contribution in [3.05, 3.63) is 64.5 Å². The van der Waals surface area contributed by atoms with E-state index in [9.17, 15) is 20.1 Å². The van der Waals surface area contributed by atoms with Crippen molar-refractivity contribution in [3.63, 3.8) is 0 Å². The number of aliphatic hydroxyl groups is 2. The first-order chi connectivity index (χ1) is 28.7. The highest BCUT2D eigenvalue weighted by molar-refractivity contribution is 7.22. The lowest BCUT2D eigenvalue weighted by atomic mass is 9.25. The van der Waals surface area contributed by atoms with Crippen LogP contribution < -0.4 is 21.3 Å². The van der Waals surface area contributed by atoms with E-state index in [-0.39, 0.29) is 52.1 Å². The average molecular weight is 836 g/mol. The quantitative estimate of drug-likeness (QED) is 0.0541. The Hall–Kier alpha value is -4.54. The minimum absolute atomic E-state index is 0.0398. The van der Waals surface area contributed by atoms with Gasteiger partial charge in [0.2, 0.25) is 0 Å². The average Bonchev–Trinajstić information content (AvgIpc) is 3.81. The number of nitrogens with two attached hydrogens (primary N) is 1. The molecule has 7 N–H and O–H groups in total. The number of aryl methyl sites for hydroxylation is 1. The number of nitrogens with zero attached hydrogens (tertiary/aromatic N) is 6. The minimum Gasteiger partial charge on any atom is -0.476 e. The number of aromatic nitrogens is 4. The lowest BCUT2D eigenvalue weighted by Crippen LogP contribution is -2.82. The van der Waals surface area contributed by atoms with Crippen LogP contribution in [-0.2, 0) is 11.2 Å². The number of pyridine rings is 1. The maximum Gasteiger partial charge on any atom is 0.355 e. The topological polar surface area (TPSA) is 204 Å². The lowest BCUT2D eigenvalue weighted by Gasteiger charge is -2.82. The summed E-state index contributed by atoms with van der Waals surface area (Å²) in [7, 11) is 0. The number of hydrogen-bond acceptors (Lipinski definition) is 14. The lowest BCUT2D eigenvalue weighted by molar-refractivity contribution is -0.396. The second-order valence-electron chi connectivity index (χ2n) is 18.9. The Kier molecular flexibility index (Phi) is 10.1. The second-order valence-corrected chi connectivity index (χ2v) is 19.9. The Labute approximate surface area is 354 Å². The molecule has 4 aromatic rings. The molecule has 2 bridgehead atoms. The van der Waals surface area contributed by atoms with E-state index in [1.54, 1.807) is 17.4 Å². The van der Waals surface area contributed by atoms with Crippen molar-refractivity contribution in [1.82, 2.24) is 25.5 Å². The minimum atomic E-state index is -1.14. The summed E-state index contributed by atoms with van der Waals surface area (Å²) in [6.45, 7) is 13.9. The number of aromatic carboxylic acids is 1. The first-order valence-corrected chi connectivity index (χ1v) is 22.1. The summed E-state index contributed by atoms with van der Waals surface area (Å²) in [4.78, 5) is 29.5. The number of allylic oxidation sites excluding steroid dienone is 1. The number of aliphatic imine (C=N–C) groups is 1. The van der Waals surface area contributed by atoms with E-state index in [0.29, 0.717) is 67.1 Å². The number of benzene rings is 1. The first kappa shape index (κ1) is 40.8. The Bertz CT molecular complexity index is 2410. The molecule has 15 heteroatoms. The molecule has 4 saturated carbocycles. The van der Waals surface area contributed by atoms with Crippen LogP contribution in [0.1, 0.15) is 92.0 Å². The van der Waals surface area contributed by atoms with Gasteiger partial charge in [-0.15, -0.1) is 10.2 Å². The van der Waals surface area contributed by atoms with Crippen molar-refractivity contribution < 1.29 is 24.9 Å². The highest BCUT2D eigenvalue weighted by Gasteiger charge is 2.93. The molecule has 5 aliphatic rings. The summed E-state index contributed by atoms with van der Waals surface area (Å²) in [5, 5.41) is 46.0. The molecular weight excluding hydrogens is 779 g/mol. The van der Waals surface area contributed by atoms with Crippen LogP contribution >= 0.6 is 11.3 Å². The fourth-order valence-corrected chi connectivity index (χ4v) is 13.9. The summed E-state index contributed by atoms with van der Waals surface area (Å²) < 4.78 is 7.85. The van der Waals surface area contributed by atoms with Gasteiger partial charge >= 0.3 is 5.97 Å². The first-order valence-electron chi connectivity index (χ1n) is 21.3. The molecule has 60 heavy (non-hydrogen) atoms. The summed E-state index contributed by atoms with van der Waals surface area (Å²) in [6, 6.07) is 9.87. The SMILES string of the molecule is CC(=NCC12CC3(C)CC4(OCCNCC(CO)CO)CC(C)(C1)C34C2)/C(=C\N)c1ccc(N2CCCc3c2nnc(Nc2nc4cc(C)ccc4s2)c3C)nc1C(=O)O. The molecule has 4 fully saturated rings. The van der Waals surface area contributed by atoms with Crippen LogP contribution in [-0.4, -0.2) is 98.8 Å². The van der Waals surface area contributed by atoms with E-state index in [4.69, 9.17) is 25.4 Å². The third kappa shape index (κ3) is 6.17. The van der Waals surface area contributed by atoms with Gasteiger partial charge in [-0.2, -0.15) is 0 Å². The second kappa shape index (κ2) is 14.8. The van der Waals surface area contributed by atoms with Crippen molar-refractivity contribution >= 4 is 61.4 Å². The molecule has 1 aromatic carbocycles. The molecule has 0 radical (unpaired) electrons. The van der Waals surface area contributed by atoms with Gasteiger partial charge in [0, 0.05) is 84.9 Å². The van der Waals surface area contributed by atoms with Gasteiger partial charge in [0.25, 0.3) is 0 Å². The van der Waals surface area contributed by atoms with E-state index in [1.165, 1.54) is 6.20 Å². The molecule has 4 aliphatic carbocycles. The summed E-state index contributed by atoms with van der Waals surface area (Å²) in [6.07, 6.45) is 8.49. The van der Waals surface area contributed by atoms with Gasteiger partial charge < -0.3 is 41.3 Å². The van der Waals surface area contributed by atoms with E-state index in [0.717, 1.165) is 77.0 Å². The maximum absolute atomic E-state index is 12.9. The zero-order chi connectivity index (χ0) is 42.2. The molecule has 0 amide bonds. The largest absolute Gasteiger partial charge is 0.476 e. The van der Waals surface area contributed by atoms with E-state index in [2.05, 4.69) is 59.8 Å². The summed E-state index contributed by atoms with van der Waals surface area (Å²) >= 11 is 1.57. The number of hydrogen-bond donors (Lipinski definition) is 6. The van der Waals surface area contributed by atoms with Crippen LogP contribution in [0.15, 0.2) is 41.5 Å². The van der Waals surface area contributed by atoms with E-state index >= 15 is 0 Å². The molecule has 2 atom stereocenters. The van der Waals surface area contributed by atoms with Gasteiger partial charge in [-0.05, 0) is 112 Å². The van der Waals surface area contributed by atoms with Crippen LogP contribution in [0, 0.1) is 41.4 Å². The summed E-state index contributed by atoms with van der Waals surface area (Å²) in [5.74, 6) is 0.507. The van der Waals surface area contributed by atoms with E-state index in [1.807, 2.05) is 24.8 Å². The molecule has 0 saturated heterocycles. The highest BCUT2D eigenvalue weighted by Crippen LogP contribution is 2.95. The number of anilines is 4. The molecule has 1 aliphatic heterocycles. The third-order valence-corrected chi connectivity index (χ3v) is 15.9. The van der Waals surface area contributed by atoms with Gasteiger partial charge in [0.1, 0.15) is 5.82 Å². The predicted molar refractivity (Wildman–Crippen MR) is 234 cm³/mol. The van der Waals surface area contributed by atoms with Crippen LogP contribution in [0.5, 0.6) is 0 Å². The van der Waals surface area contributed by atoms with Crippen LogP contribution in [0.3, 0.4) is 0 Å². The number of rotatable bonds is 16. The smallest absolute Gasteiger partial charge is 0.355 e. The number of nitrogens with one attached hydrogen (secondary N) is 2. The fourth-order valence-electron chi connectivity index (χ4n) is 13.0. The van der Waals surface area contributed by atoms with Crippen molar-refractivity contribution in [1.29, 1.82) is 0 Å². The molecular formula is C45H57N9O5S. The number of carboxylic acid groups (broad SMARTS) is 1. The van der Waals surface area contributed by atoms with Crippen molar-refractivity contribution in [3.8, 4) is 0 Å². The number of aliphatic hydroxyl groups excluding tert-OH is 2. The van der Waals surface area contributed by atoms with Gasteiger partial charge in [-0.3, -0.25) is 4.99 Å². The summed E-state index contributed by atoms with van der Waals surface area (Å²) in [5.41, 5.74) is 12.4. The van der Waals surface area contributed by atoms with Crippen molar-refractivity contribution in [2.45, 2.75) is 85.2 Å². The normalized spacial score (nSPS) is 29.1. The Morgan fingerprint density at radius 1 is 1.07 bits per heavy atom. The van der Waals surface area contributed by atoms with Crippen molar-refractivity contribution in [2.75, 3.05) is 56.2 Å². The van der Waals surface area contributed by atoms with Crippen LogP contribution in [0.2, 0.25) is 0 Å².